The molecule has 0 atom stereocenters. The largest absolute Gasteiger partial charge is 0.494 e. The van der Waals surface area contributed by atoms with Gasteiger partial charge in [0.05, 0.1) is 12.1 Å². The summed E-state index contributed by atoms with van der Waals surface area (Å²) in [6, 6.07) is 14.3. The summed E-state index contributed by atoms with van der Waals surface area (Å²) in [5.41, 5.74) is 2.56. The average molecular weight is 392 g/mol. The van der Waals surface area contributed by atoms with Crippen LogP contribution in [0, 0.1) is 0 Å². The third-order valence-corrected chi connectivity index (χ3v) is 4.79. The van der Waals surface area contributed by atoms with Gasteiger partial charge in [-0.2, -0.15) is 0 Å². The lowest BCUT2D eigenvalue weighted by atomic mass is 9.85. The summed E-state index contributed by atoms with van der Waals surface area (Å²) >= 11 is 0. The molecule has 0 aliphatic carbocycles. The summed E-state index contributed by atoms with van der Waals surface area (Å²) in [5, 5.41) is 3.87. The molecule has 0 saturated carbocycles. The molecule has 2 aromatic carbocycles. The van der Waals surface area contributed by atoms with Gasteiger partial charge < -0.3 is 15.0 Å². The number of carbonyl (C=O) groups excluding carboxylic acids is 1. The number of pyridine rings is 1. The Hall–Kier alpha value is -3.08. The van der Waals surface area contributed by atoms with Crippen molar-refractivity contribution in [2.75, 3.05) is 11.9 Å². The highest BCUT2D eigenvalue weighted by Gasteiger charge is 2.18. The van der Waals surface area contributed by atoms with E-state index in [0.717, 1.165) is 29.5 Å². The second-order valence-electron chi connectivity index (χ2n) is 8.24. The molecule has 3 aromatic rings. The topological polar surface area (TPSA) is 71.2 Å². The number of fused-ring (bicyclic) bond motifs is 1. The van der Waals surface area contributed by atoms with Crippen molar-refractivity contribution in [2.24, 2.45) is 0 Å². The summed E-state index contributed by atoms with van der Waals surface area (Å²) in [6.07, 6.45) is 2.08. The predicted molar refractivity (Wildman–Crippen MR) is 118 cm³/mol. The van der Waals surface area contributed by atoms with Gasteiger partial charge in [0, 0.05) is 22.7 Å². The molecule has 1 amide bonds. The lowest BCUT2D eigenvalue weighted by molar-refractivity contribution is 0.102. The maximum Gasteiger partial charge on any atom is 0.255 e. The number of hydrogen-bond donors (Lipinski definition) is 2. The third-order valence-electron chi connectivity index (χ3n) is 4.79. The van der Waals surface area contributed by atoms with Crippen molar-refractivity contribution in [3.63, 3.8) is 0 Å². The molecule has 0 radical (unpaired) electrons. The van der Waals surface area contributed by atoms with Crippen LogP contribution in [0.2, 0.25) is 0 Å². The highest BCUT2D eigenvalue weighted by molar-refractivity contribution is 6.05. The Bertz CT molecular complexity index is 1060. The number of aromatic nitrogens is 1. The van der Waals surface area contributed by atoms with E-state index in [1.54, 1.807) is 36.4 Å². The molecular formula is C24H28N2O3. The van der Waals surface area contributed by atoms with Gasteiger partial charge in [-0.25, -0.2) is 0 Å². The predicted octanol–water partition coefficient (Wildman–Crippen LogP) is 5.26. The highest BCUT2D eigenvalue weighted by atomic mass is 16.5. The first-order valence-corrected chi connectivity index (χ1v) is 9.99. The van der Waals surface area contributed by atoms with Gasteiger partial charge in [0.2, 0.25) is 5.56 Å². The number of amides is 1. The first-order chi connectivity index (χ1) is 13.8. The summed E-state index contributed by atoms with van der Waals surface area (Å²) in [7, 11) is 0. The molecule has 1 heterocycles. The Morgan fingerprint density at radius 2 is 1.79 bits per heavy atom. The molecule has 0 saturated heterocycles. The summed E-state index contributed by atoms with van der Waals surface area (Å²) in [5.74, 6) is 0.548. The second-order valence-corrected chi connectivity index (χ2v) is 8.24. The minimum absolute atomic E-state index is 0.149. The van der Waals surface area contributed by atoms with E-state index in [2.05, 4.69) is 38.0 Å². The summed E-state index contributed by atoms with van der Waals surface area (Å²) < 4.78 is 5.63. The monoisotopic (exact) mass is 392 g/mol. The van der Waals surface area contributed by atoms with Crippen molar-refractivity contribution in [3.8, 4) is 5.75 Å². The van der Waals surface area contributed by atoms with Gasteiger partial charge in [0.15, 0.2) is 0 Å². The van der Waals surface area contributed by atoms with Gasteiger partial charge in [0.1, 0.15) is 5.75 Å². The molecule has 0 aliphatic heterocycles. The maximum absolute atomic E-state index is 12.6. The third kappa shape index (κ3) is 5.05. The van der Waals surface area contributed by atoms with Crippen LogP contribution in [-0.4, -0.2) is 17.5 Å². The van der Waals surface area contributed by atoms with Crippen LogP contribution in [0.25, 0.3) is 10.9 Å². The van der Waals surface area contributed by atoms with E-state index in [4.69, 9.17) is 4.74 Å². The molecule has 1 aromatic heterocycles. The van der Waals surface area contributed by atoms with Gasteiger partial charge in [0.25, 0.3) is 5.91 Å². The smallest absolute Gasteiger partial charge is 0.255 e. The van der Waals surface area contributed by atoms with Crippen molar-refractivity contribution in [1.29, 1.82) is 0 Å². The maximum atomic E-state index is 12.6. The number of ether oxygens (including phenoxy) is 1. The lowest BCUT2D eigenvalue weighted by Gasteiger charge is -2.21. The zero-order chi connectivity index (χ0) is 21.0. The van der Waals surface area contributed by atoms with E-state index in [1.807, 2.05) is 12.1 Å². The second kappa shape index (κ2) is 8.52. The molecule has 0 unspecified atom stereocenters. The molecule has 152 valence electrons. The van der Waals surface area contributed by atoms with Crippen molar-refractivity contribution in [2.45, 2.75) is 46.0 Å². The average Bonchev–Trinajstić information content (AvgIpc) is 2.67. The highest BCUT2D eigenvalue weighted by Crippen LogP contribution is 2.29. The Morgan fingerprint density at radius 3 is 2.45 bits per heavy atom. The first kappa shape index (κ1) is 20.6. The number of carbonyl (C=O) groups is 1. The molecule has 29 heavy (non-hydrogen) atoms. The first-order valence-electron chi connectivity index (χ1n) is 9.99. The number of unbranched alkanes of at least 4 members (excludes halogenated alkanes) is 1. The standard InChI is InChI=1S/C24H28N2O3/c1-5-6-13-29-18-10-7-16(8-11-18)23(28)25-17-9-12-19-20(24(2,3)4)15-22(27)26-21(19)14-17/h7-12,14-15H,5-6,13H2,1-4H3,(H,25,28)(H,26,27). The minimum atomic E-state index is -0.209. The molecule has 5 heteroatoms. The summed E-state index contributed by atoms with van der Waals surface area (Å²) in [6.45, 7) is 9.02. The Balaban J connectivity index is 1.79. The Kier molecular flexibility index (Phi) is 6.06. The van der Waals surface area contributed by atoms with Crippen molar-refractivity contribution in [1.82, 2.24) is 4.98 Å². The molecular weight excluding hydrogens is 364 g/mol. The fourth-order valence-corrected chi connectivity index (χ4v) is 3.20. The Labute approximate surface area is 171 Å². The molecule has 0 bridgehead atoms. The van der Waals surface area contributed by atoms with E-state index < -0.39 is 0 Å². The van der Waals surface area contributed by atoms with Crippen LogP contribution in [0.1, 0.15) is 56.5 Å². The quantitative estimate of drug-likeness (QED) is 0.562. The molecule has 0 aliphatic rings. The van der Waals surface area contributed by atoms with Crippen LogP contribution in [0.5, 0.6) is 5.75 Å². The van der Waals surface area contributed by atoms with Crippen molar-refractivity contribution < 1.29 is 9.53 Å². The van der Waals surface area contributed by atoms with Crippen LogP contribution < -0.4 is 15.6 Å². The molecule has 2 N–H and O–H groups in total. The van der Waals surface area contributed by atoms with Crippen molar-refractivity contribution >= 4 is 22.5 Å². The normalized spacial score (nSPS) is 11.4. The van der Waals surface area contributed by atoms with Gasteiger partial charge in [-0.1, -0.05) is 40.2 Å². The molecule has 3 rings (SSSR count). The van der Waals surface area contributed by atoms with E-state index in [9.17, 15) is 9.59 Å². The fraction of sp³-hybridized carbons (Fsp3) is 0.333. The van der Waals surface area contributed by atoms with Gasteiger partial charge in [-0.05, 0) is 53.8 Å². The van der Waals surface area contributed by atoms with E-state index in [0.29, 0.717) is 23.4 Å². The molecule has 5 nitrogen and oxygen atoms in total. The number of anilines is 1. The number of rotatable bonds is 6. The van der Waals surface area contributed by atoms with Crippen LogP contribution in [0.4, 0.5) is 5.69 Å². The molecule has 0 spiro atoms. The number of nitrogens with one attached hydrogen (secondary N) is 2. The lowest BCUT2D eigenvalue weighted by Crippen LogP contribution is -2.17. The van der Waals surface area contributed by atoms with E-state index >= 15 is 0 Å². The number of benzene rings is 2. The van der Waals surface area contributed by atoms with Gasteiger partial charge in [-0.3, -0.25) is 9.59 Å². The van der Waals surface area contributed by atoms with Crippen molar-refractivity contribution in [3.05, 3.63) is 70.0 Å². The van der Waals surface area contributed by atoms with Crippen LogP contribution in [0.15, 0.2) is 53.3 Å². The Morgan fingerprint density at radius 1 is 1.07 bits per heavy atom. The van der Waals surface area contributed by atoms with Gasteiger partial charge in [-0.15, -0.1) is 0 Å². The number of hydrogen-bond acceptors (Lipinski definition) is 3. The van der Waals surface area contributed by atoms with E-state index in [1.165, 1.54) is 0 Å². The number of aromatic amines is 1. The van der Waals surface area contributed by atoms with Crippen LogP contribution in [-0.2, 0) is 5.41 Å². The fourth-order valence-electron chi connectivity index (χ4n) is 3.20. The van der Waals surface area contributed by atoms with Gasteiger partial charge >= 0.3 is 0 Å². The number of H-pyrrole nitrogens is 1. The molecule has 0 fully saturated rings. The zero-order valence-corrected chi connectivity index (χ0v) is 17.5. The SMILES string of the molecule is CCCCOc1ccc(C(=O)Nc2ccc3c(C(C)(C)C)cc(=O)[nH]c3c2)cc1. The van der Waals surface area contributed by atoms with Crippen LogP contribution in [0.3, 0.4) is 0 Å². The summed E-state index contributed by atoms with van der Waals surface area (Å²) in [4.78, 5) is 27.5. The zero-order valence-electron chi connectivity index (χ0n) is 17.5. The minimum Gasteiger partial charge on any atom is -0.494 e. The van der Waals surface area contributed by atoms with E-state index in [-0.39, 0.29) is 16.9 Å². The van der Waals surface area contributed by atoms with Crippen LogP contribution >= 0.6 is 0 Å².